The van der Waals surface area contributed by atoms with Crippen LogP contribution in [-0.4, -0.2) is 12.6 Å². The van der Waals surface area contributed by atoms with E-state index in [9.17, 15) is 0 Å². The number of hydrogen-bond acceptors (Lipinski definition) is 1. The van der Waals surface area contributed by atoms with Gasteiger partial charge in [-0.3, -0.25) is 0 Å². The molecule has 1 heteroatoms. The van der Waals surface area contributed by atoms with Crippen LogP contribution in [0.4, 0.5) is 0 Å². The molecule has 0 bridgehead atoms. The summed E-state index contributed by atoms with van der Waals surface area (Å²) in [5.74, 6) is 0.980. The first-order chi connectivity index (χ1) is 6.83. The molecule has 1 fully saturated rings. The molecule has 1 saturated carbocycles. The summed E-state index contributed by atoms with van der Waals surface area (Å²) in [6.07, 6.45) is 11.2. The molecule has 1 N–H and O–H groups in total. The Labute approximate surface area is 89.7 Å². The molecule has 0 radical (unpaired) electrons. The Bertz CT molecular complexity index is 125. The Kier molecular flexibility index (Phi) is 6.25. The van der Waals surface area contributed by atoms with Gasteiger partial charge >= 0.3 is 0 Å². The van der Waals surface area contributed by atoms with Gasteiger partial charge in [-0.15, -0.1) is 0 Å². The Morgan fingerprint density at radius 1 is 1.00 bits per heavy atom. The average molecular weight is 197 g/mol. The third-order valence-electron chi connectivity index (χ3n) is 3.48. The van der Waals surface area contributed by atoms with Gasteiger partial charge in [0.15, 0.2) is 0 Å². The van der Waals surface area contributed by atoms with Crippen molar-refractivity contribution < 1.29 is 0 Å². The fourth-order valence-electron chi connectivity index (χ4n) is 2.32. The van der Waals surface area contributed by atoms with Gasteiger partial charge < -0.3 is 5.32 Å². The third kappa shape index (κ3) is 4.99. The van der Waals surface area contributed by atoms with Gasteiger partial charge in [-0.05, 0) is 44.6 Å². The lowest BCUT2D eigenvalue weighted by Gasteiger charge is -2.27. The lowest BCUT2D eigenvalue weighted by molar-refractivity contribution is 0.306. The van der Waals surface area contributed by atoms with Crippen LogP contribution in [0.15, 0.2) is 0 Å². The van der Waals surface area contributed by atoms with Crippen LogP contribution in [0.1, 0.15) is 65.2 Å². The molecule has 1 nitrogen and oxygen atoms in total. The van der Waals surface area contributed by atoms with E-state index in [-0.39, 0.29) is 0 Å². The zero-order chi connectivity index (χ0) is 10.2. The van der Waals surface area contributed by atoms with Gasteiger partial charge in [0.25, 0.3) is 0 Å². The van der Waals surface area contributed by atoms with E-state index in [0.717, 1.165) is 12.0 Å². The maximum Gasteiger partial charge on any atom is 0.00672 e. The molecule has 14 heavy (non-hydrogen) atoms. The third-order valence-corrected chi connectivity index (χ3v) is 3.48. The monoisotopic (exact) mass is 197 g/mol. The Morgan fingerprint density at radius 3 is 2.36 bits per heavy atom. The van der Waals surface area contributed by atoms with Gasteiger partial charge in [-0.1, -0.05) is 33.1 Å². The summed E-state index contributed by atoms with van der Waals surface area (Å²) in [4.78, 5) is 0. The Hall–Kier alpha value is -0.0400. The molecular formula is C13H27N. The minimum atomic E-state index is 0.841. The van der Waals surface area contributed by atoms with E-state index in [1.807, 2.05) is 0 Å². The van der Waals surface area contributed by atoms with Crippen molar-refractivity contribution in [2.45, 2.75) is 71.3 Å². The fourth-order valence-corrected chi connectivity index (χ4v) is 2.32. The molecule has 0 aromatic rings. The Morgan fingerprint density at radius 2 is 1.71 bits per heavy atom. The van der Waals surface area contributed by atoms with Crippen molar-refractivity contribution in [3.05, 3.63) is 0 Å². The molecule has 0 heterocycles. The maximum atomic E-state index is 3.70. The second-order valence-electron chi connectivity index (χ2n) is 4.97. The molecule has 1 rings (SSSR count). The summed E-state index contributed by atoms with van der Waals surface area (Å²) in [6.45, 7) is 5.91. The van der Waals surface area contributed by atoms with Crippen molar-refractivity contribution in [2.24, 2.45) is 5.92 Å². The van der Waals surface area contributed by atoms with Gasteiger partial charge in [0.2, 0.25) is 0 Å². The summed E-state index contributed by atoms with van der Waals surface area (Å²) < 4.78 is 0. The molecular weight excluding hydrogens is 170 g/mol. The van der Waals surface area contributed by atoms with Crippen molar-refractivity contribution in [3.8, 4) is 0 Å². The van der Waals surface area contributed by atoms with Crippen LogP contribution in [0.25, 0.3) is 0 Å². The first-order valence-corrected chi connectivity index (χ1v) is 6.56. The lowest BCUT2D eigenvalue weighted by atomic mass is 9.87. The van der Waals surface area contributed by atoms with Crippen molar-refractivity contribution in [3.63, 3.8) is 0 Å². The fraction of sp³-hybridized carbons (Fsp3) is 1.00. The minimum absolute atomic E-state index is 0.841. The van der Waals surface area contributed by atoms with E-state index in [1.54, 1.807) is 0 Å². The first-order valence-electron chi connectivity index (χ1n) is 6.56. The van der Waals surface area contributed by atoms with Gasteiger partial charge in [0.1, 0.15) is 0 Å². The highest BCUT2D eigenvalue weighted by Gasteiger charge is 2.16. The van der Waals surface area contributed by atoms with E-state index >= 15 is 0 Å². The number of hydrogen-bond donors (Lipinski definition) is 1. The highest BCUT2D eigenvalue weighted by molar-refractivity contribution is 4.74. The first kappa shape index (κ1) is 12.0. The van der Waals surface area contributed by atoms with Crippen LogP contribution >= 0.6 is 0 Å². The van der Waals surface area contributed by atoms with Crippen LogP contribution < -0.4 is 5.32 Å². The van der Waals surface area contributed by atoms with Crippen molar-refractivity contribution in [1.82, 2.24) is 5.32 Å². The number of unbranched alkanes of at least 4 members (excludes halogenated alkanes) is 3. The van der Waals surface area contributed by atoms with Gasteiger partial charge in [-0.2, -0.15) is 0 Å². The highest BCUT2D eigenvalue weighted by atomic mass is 14.9. The van der Waals surface area contributed by atoms with Gasteiger partial charge in [0, 0.05) is 6.04 Å². The van der Waals surface area contributed by atoms with Crippen LogP contribution in [0.3, 0.4) is 0 Å². The lowest BCUT2D eigenvalue weighted by Crippen LogP contribution is -2.33. The van der Waals surface area contributed by atoms with Crippen molar-refractivity contribution in [2.75, 3.05) is 6.54 Å². The summed E-state index contributed by atoms with van der Waals surface area (Å²) >= 11 is 0. The SMILES string of the molecule is CCCCCCNC1CCC(C)CC1. The van der Waals surface area contributed by atoms with Crippen LogP contribution in [-0.2, 0) is 0 Å². The maximum absolute atomic E-state index is 3.70. The van der Waals surface area contributed by atoms with E-state index in [4.69, 9.17) is 0 Å². The molecule has 0 aromatic heterocycles. The average Bonchev–Trinajstić information content (AvgIpc) is 2.21. The van der Waals surface area contributed by atoms with E-state index in [0.29, 0.717) is 0 Å². The van der Waals surface area contributed by atoms with E-state index < -0.39 is 0 Å². The summed E-state index contributed by atoms with van der Waals surface area (Å²) in [5, 5.41) is 3.70. The molecule has 0 spiro atoms. The zero-order valence-corrected chi connectivity index (χ0v) is 10.0. The molecule has 0 aromatic carbocycles. The van der Waals surface area contributed by atoms with Gasteiger partial charge in [-0.25, -0.2) is 0 Å². The van der Waals surface area contributed by atoms with Crippen LogP contribution in [0, 0.1) is 5.92 Å². The molecule has 1 aliphatic rings. The van der Waals surface area contributed by atoms with Gasteiger partial charge in [0.05, 0.1) is 0 Å². The topological polar surface area (TPSA) is 12.0 Å². The standard InChI is InChI=1S/C13H27N/c1-3-4-5-6-11-14-13-9-7-12(2)8-10-13/h12-14H,3-11H2,1-2H3. The zero-order valence-electron chi connectivity index (χ0n) is 10.0. The molecule has 0 unspecified atom stereocenters. The number of nitrogens with one attached hydrogen (secondary N) is 1. The quantitative estimate of drug-likeness (QED) is 0.640. The van der Waals surface area contributed by atoms with Crippen molar-refractivity contribution >= 4 is 0 Å². The van der Waals surface area contributed by atoms with Crippen LogP contribution in [0.5, 0.6) is 0 Å². The largest absolute Gasteiger partial charge is 0.314 e. The van der Waals surface area contributed by atoms with Crippen LogP contribution in [0.2, 0.25) is 0 Å². The second kappa shape index (κ2) is 7.28. The molecule has 0 aliphatic heterocycles. The molecule has 0 amide bonds. The normalized spacial score (nSPS) is 27.9. The predicted octanol–water partition coefficient (Wildman–Crippen LogP) is 3.74. The van der Waals surface area contributed by atoms with Crippen molar-refractivity contribution in [1.29, 1.82) is 0 Å². The number of rotatable bonds is 6. The Balaban J connectivity index is 1.91. The summed E-state index contributed by atoms with van der Waals surface area (Å²) in [5.41, 5.74) is 0. The smallest absolute Gasteiger partial charge is 0.00672 e. The van der Waals surface area contributed by atoms with E-state index in [1.165, 1.54) is 57.9 Å². The second-order valence-corrected chi connectivity index (χ2v) is 4.97. The van der Waals surface area contributed by atoms with E-state index in [2.05, 4.69) is 19.2 Å². The highest BCUT2D eigenvalue weighted by Crippen LogP contribution is 2.23. The summed E-state index contributed by atoms with van der Waals surface area (Å²) in [7, 11) is 0. The summed E-state index contributed by atoms with van der Waals surface area (Å²) in [6, 6.07) is 0.841. The molecule has 0 atom stereocenters. The minimum Gasteiger partial charge on any atom is -0.314 e. The molecule has 84 valence electrons. The molecule has 0 saturated heterocycles. The molecule has 1 aliphatic carbocycles. The predicted molar refractivity (Wildman–Crippen MR) is 63.6 cm³/mol.